The van der Waals surface area contributed by atoms with Gasteiger partial charge in [-0.15, -0.1) is 0 Å². The second-order valence-corrected chi connectivity index (χ2v) is 5.82. The Balaban J connectivity index is 1.92. The van der Waals surface area contributed by atoms with E-state index in [1.54, 1.807) is 0 Å². The normalized spacial score (nSPS) is 20.6. The molecular formula is C15H19ClN2O2. The molecule has 4 nitrogen and oxygen atoms in total. The highest BCUT2D eigenvalue weighted by Crippen LogP contribution is 2.25. The fraction of sp³-hybridized carbons (Fsp3) is 0.467. The lowest BCUT2D eigenvalue weighted by molar-refractivity contribution is -0.0269. The van der Waals surface area contributed by atoms with Crippen molar-refractivity contribution >= 4 is 22.5 Å². The molecule has 108 valence electrons. The Hall–Kier alpha value is -1.07. The summed E-state index contributed by atoms with van der Waals surface area (Å²) in [5.74, 6) is 0. The topological polar surface area (TPSA) is 37.6 Å². The molecule has 1 aromatic carbocycles. The maximum Gasteiger partial charge on any atom is 0.0881 e. The second kappa shape index (κ2) is 5.74. The lowest BCUT2D eigenvalue weighted by Gasteiger charge is -2.30. The van der Waals surface area contributed by atoms with Gasteiger partial charge in [0.05, 0.1) is 25.9 Å². The number of hydrogen-bond donors (Lipinski definition) is 1. The number of halogens is 1. The number of rotatable bonds is 3. The summed E-state index contributed by atoms with van der Waals surface area (Å²) < 4.78 is 7.95. The zero-order chi connectivity index (χ0) is 14.1. The number of aliphatic hydroxyl groups excluding tert-OH is 1. The molecule has 1 fully saturated rings. The number of aromatic nitrogens is 1. The highest BCUT2D eigenvalue weighted by Gasteiger charge is 2.19. The largest absolute Gasteiger partial charge is 0.392 e. The first kappa shape index (κ1) is 13.9. The number of fused-ring (bicyclic) bond motifs is 1. The molecule has 0 radical (unpaired) electrons. The minimum atomic E-state index is 0.0383. The number of aliphatic hydroxyl groups is 1. The lowest BCUT2D eigenvalue weighted by Crippen LogP contribution is -2.41. The molecule has 1 unspecified atom stereocenters. The molecule has 0 amide bonds. The quantitative estimate of drug-likeness (QED) is 0.942. The lowest BCUT2D eigenvalue weighted by atomic mass is 10.2. The zero-order valence-corrected chi connectivity index (χ0v) is 12.3. The van der Waals surface area contributed by atoms with Crippen LogP contribution in [-0.2, 0) is 17.9 Å². The molecule has 0 aliphatic carbocycles. The number of hydrogen-bond acceptors (Lipinski definition) is 3. The third-order valence-corrected chi connectivity index (χ3v) is 4.07. The van der Waals surface area contributed by atoms with Crippen LogP contribution in [0.4, 0.5) is 0 Å². The van der Waals surface area contributed by atoms with E-state index in [4.69, 9.17) is 16.3 Å². The maximum absolute atomic E-state index is 9.48. The fourth-order valence-corrected chi connectivity index (χ4v) is 2.98. The van der Waals surface area contributed by atoms with Crippen LogP contribution < -0.4 is 0 Å². The molecule has 5 heteroatoms. The summed E-state index contributed by atoms with van der Waals surface area (Å²) in [5, 5.41) is 11.2. The van der Waals surface area contributed by atoms with Crippen molar-refractivity contribution in [2.24, 2.45) is 0 Å². The van der Waals surface area contributed by atoms with Crippen LogP contribution in [0.3, 0.4) is 0 Å². The Morgan fingerprint density at radius 1 is 1.45 bits per heavy atom. The summed E-state index contributed by atoms with van der Waals surface area (Å²) in [6.07, 6.45) is 2.17. The standard InChI is InChI=1S/C15H19ClN2O2/c1-17-4-5-20-13(8-17)9-18-7-11(10-19)14-3-2-12(16)6-15(14)18/h2-3,6-7,13,19H,4-5,8-10H2,1H3. The van der Waals surface area contributed by atoms with E-state index in [9.17, 15) is 5.11 Å². The van der Waals surface area contributed by atoms with Gasteiger partial charge in [-0.2, -0.15) is 0 Å². The van der Waals surface area contributed by atoms with Crippen LogP contribution in [0.15, 0.2) is 24.4 Å². The molecule has 1 saturated heterocycles. The van der Waals surface area contributed by atoms with Gasteiger partial charge in [0.15, 0.2) is 0 Å². The van der Waals surface area contributed by atoms with Crippen molar-refractivity contribution in [2.75, 3.05) is 26.7 Å². The monoisotopic (exact) mass is 294 g/mol. The van der Waals surface area contributed by atoms with Gasteiger partial charge in [-0.3, -0.25) is 0 Å². The summed E-state index contributed by atoms with van der Waals surface area (Å²) in [5.41, 5.74) is 1.99. The van der Waals surface area contributed by atoms with Gasteiger partial charge in [0, 0.05) is 40.8 Å². The number of ether oxygens (including phenoxy) is 1. The van der Waals surface area contributed by atoms with Gasteiger partial charge < -0.3 is 19.3 Å². The van der Waals surface area contributed by atoms with E-state index >= 15 is 0 Å². The molecule has 2 heterocycles. The van der Waals surface area contributed by atoms with Crippen molar-refractivity contribution < 1.29 is 9.84 Å². The average molecular weight is 295 g/mol. The fourth-order valence-electron chi connectivity index (χ4n) is 2.81. The van der Waals surface area contributed by atoms with Gasteiger partial charge in [-0.05, 0) is 19.2 Å². The predicted octanol–water partition coefficient (Wildman–Crippen LogP) is 2.12. The van der Waals surface area contributed by atoms with E-state index < -0.39 is 0 Å². The van der Waals surface area contributed by atoms with Gasteiger partial charge >= 0.3 is 0 Å². The smallest absolute Gasteiger partial charge is 0.0881 e. The molecule has 1 atom stereocenters. The van der Waals surface area contributed by atoms with Crippen LogP contribution in [-0.4, -0.2) is 47.4 Å². The minimum absolute atomic E-state index is 0.0383. The van der Waals surface area contributed by atoms with Gasteiger partial charge in [-0.1, -0.05) is 17.7 Å². The van der Waals surface area contributed by atoms with E-state index in [1.807, 2.05) is 24.4 Å². The highest BCUT2D eigenvalue weighted by molar-refractivity contribution is 6.31. The molecule has 20 heavy (non-hydrogen) atoms. The second-order valence-electron chi connectivity index (χ2n) is 5.38. The Labute approximate surface area is 123 Å². The first-order chi connectivity index (χ1) is 9.67. The van der Waals surface area contributed by atoms with E-state index in [1.165, 1.54) is 0 Å². The molecule has 1 aliphatic heterocycles. The Bertz CT molecular complexity index is 611. The third-order valence-electron chi connectivity index (χ3n) is 3.84. The van der Waals surface area contributed by atoms with Crippen LogP contribution in [0.2, 0.25) is 5.02 Å². The van der Waals surface area contributed by atoms with Crippen LogP contribution in [0.5, 0.6) is 0 Å². The summed E-state index contributed by atoms with van der Waals surface area (Å²) in [6.45, 7) is 3.50. The molecule has 1 aliphatic rings. The Morgan fingerprint density at radius 2 is 2.30 bits per heavy atom. The van der Waals surface area contributed by atoms with Crippen molar-refractivity contribution in [1.82, 2.24) is 9.47 Å². The molecule has 0 bridgehead atoms. The average Bonchev–Trinajstić information content (AvgIpc) is 2.76. The number of nitrogens with zero attached hydrogens (tertiary/aromatic N) is 2. The van der Waals surface area contributed by atoms with Gasteiger partial charge in [0.25, 0.3) is 0 Å². The van der Waals surface area contributed by atoms with Crippen LogP contribution in [0.1, 0.15) is 5.56 Å². The summed E-state index contributed by atoms with van der Waals surface area (Å²) in [4.78, 5) is 2.28. The molecule has 3 rings (SSSR count). The van der Waals surface area contributed by atoms with E-state index in [-0.39, 0.29) is 12.7 Å². The number of benzene rings is 1. The van der Waals surface area contributed by atoms with E-state index in [0.717, 1.165) is 42.7 Å². The SMILES string of the molecule is CN1CCOC(Cn2cc(CO)c3ccc(Cl)cc32)C1. The minimum Gasteiger partial charge on any atom is -0.392 e. The predicted molar refractivity (Wildman–Crippen MR) is 80.1 cm³/mol. The zero-order valence-electron chi connectivity index (χ0n) is 11.6. The van der Waals surface area contributed by atoms with Crippen LogP contribution >= 0.6 is 11.6 Å². The van der Waals surface area contributed by atoms with Crippen molar-refractivity contribution in [2.45, 2.75) is 19.3 Å². The summed E-state index contributed by atoms with van der Waals surface area (Å²) in [7, 11) is 2.11. The van der Waals surface area contributed by atoms with Crippen molar-refractivity contribution in [3.63, 3.8) is 0 Å². The van der Waals surface area contributed by atoms with E-state index in [0.29, 0.717) is 5.02 Å². The first-order valence-corrected chi connectivity index (χ1v) is 7.23. The molecule has 0 saturated carbocycles. The summed E-state index contributed by atoms with van der Waals surface area (Å²) >= 11 is 6.09. The van der Waals surface area contributed by atoms with Crippen molar-refractivity contribution in [3.8, 4) is 0 Å². The summed E-state index contributed by atoms with van der Waals surface area (Å²) in [6, 6.07) is 5.77. The molecule has 1 aromatic heterocycles. The third kappa shape index (κ3) is 2.69. The van der Waals surface area contributed by atoms with Gasteiger partial charge in [0.1, 0.15) is 0 Å². The van der Waals surface area contributed by atoms with Gasteiger partial charge in [-0.25, -0.2) is 0 Å². The first-order valence-electron chi connectivity index (χ1n) is 6.85. The Kier molecular flexibility index (Phi) is 3.98. The Morgan fingerprint density at radius 3 is 3.05 bits per heavy atom. The maximum atomic E-state index is 9.48. The highest BCUT2D eigenvalue weighted by atomic mass is 35.5. The molecule has 2 aromatic rings. The number of morpholine rings is 1. The van der Waals surface area contributed by atoms with Gasteiger partial charge in [0.2, 0.25) is 0 Å². The van der Waals surface area contributed by atoms with Crippen molar-refractivity contribution in [3.05, 3.63) is 35.0 Å². The van der Waals surface area contributed by atoms with Crippen molar-refractivity contribution in [1.29, 1.82) is 0 Å². The van der Waals surface area contributed by atoms with E-state index in [2.05, 4.69) is 16.5 Å². The molecule has 0 spiro atoms. The molecule has 1 N–H and O–H groups in total. The molecular weight excluding hydrogens is 276 g/mol. The van der Waals surface area contributed by atoms with Crippen LogP contribution in [0.25, 0.3) is 10.9 Å². The van der Waals surface area contributed by atoms with Crippen LogP contribution in [0, 0.1) is 0 Å². The number of likely N-dealkylation sites (N-methyl/N-ethyl adjacent to an activating group) is 1.